The normalized spacial score (nSPS) is 25.0. The Labute approximate surface area is 759 Å². The molecular weight excluding hydrogens is 1790 g/mol. The highest BCUT2D eigenvalue weighted by molar-refractivity contribution is 9.10. The van der Waals surface area contributed by atoms with Crippen LogP contribution in [0, 0.1) is 60.2 Å². The number of carboxylic acids is 1. The van der Waals surface area contributed by atoms with Crippen LogP contribution in [0.3, 0.4) is 0 Å². The Kier molecular flexibility index (Phi) is 30.7. The van der Waals surface area contributed by atoms with Crippen molar-refractivity contribution in [1.29, 1.82) is 0 Å². The quantitative estimate of drug-likeness (QED) is 0.00833. The monoisotopic (exact) mass is 1900 g/mol. The Bertz CT molecular complexity index is 5430. The molecule has 7 aromatic rings. The van der Waals surface area contributed by atoms with Gasteiger partial charge in [0, 0.05) is 95.0 Å². The number of rotatable bonds is 29. The minimum absolute atomic E-state index is 0. The molecule has 0 bridgehead atoms. The maximum absolute atomic E-state index is 14.6. The molecule has 31 nitrogen and oxygen atoms in total. The van der Waals surface area contributed by atoms with E-state index >= 15 is 0 Å². The number of benzene rings is 3. The van der Waals surface area contributed by atoms with Gasteiger partial charge in [0.15, 0.2) is 5.43 Å². The number of esters is 1. The number of halogens is 3. The molecule has 15 rings (SSSR count). The van der Waals surface area contributed by atoms with Crippen LogP contribution in [0.1, 0.15) is 132 Å². The average molecular weight is 1900 g/mol. The Balaban J connectivity index is 0.000000196. The van der Waals surface area contributed by atoms with Gasteiger partial charge in [-0.05, 0) is 148 Å². The number of methoxy groups -OCH3 is 3. The number of pyridine rings is 2. The summed E-state index contributed by atoms with van der Waals surface area (Å²) in [6, 6.07) is 11.5. The number of aromatic amines is 1. The van der Waals surface area contributed by atoms with Crippen molar-refractivity contribution in [3.63, 3.8) is 0 Å². The number of hydrogen-bond donors (Lipinski definition) is 6. The maximum Gasteiger partial charge on any atom is 0.408 e. The van der Waals surface area contributed by atoms with Crippen LogP contribution in [-0.2, 0) is 66.8 Å². The highest BCUT2D eigenvalue weighted by Gasteiger charge is 2.63. The smallest absolute Gasteiger partial charge is 0.408 e. The number of aryl methyl sites for hydroxylation is 2. The SMILES string of the molecule is C.C.C=C[C@@H]1C[C@]1(NC(=O)[C@@H]1C[C@@H](Oc2cc(-c3nc(C)cs3)nc3c(Cl)c(OCCOC)ccc23)CN1C(=O)[C@@H](NC(=O)OC1C[C@@H]2C[C@@H]2C1)C(C)(C)C)C(=O)O.C=C[C@@H]1C[C@]1(NC(=O)[C@@H]1C[C@H](OS(=O)(=O)c2ccc(Br)cc2)CN1C(=O)[C@@H](NC(=O)OC1C[C@@H]2C[C@@H]2C1)C(C)(C)C)C(=O)OC.COCCOc1ccc2c(=O)cc(-c3nc(C)cs3)[nH]c2c1Cl. The lowest BCUT2D eigenvalue weighted by Gasteiger charge is -2.35. The van der Waals surface area contributed by atoms with Gasteiger partial charge in [0.25, 0.3) is 10.1 Å². The predicted octanol–water partition coefficient (Wildman–Crippen LogP) is 14.0. The summed E-state index contributed by atoms with van der Waals surface area (Å²) in [5, 5.41) is 28.1. The van der Waals surface area contributed by atoms with E-state index in [2.05, 4.69) is 65.3 Å². The molecule has 6 amide bonds. The van der Waals surface area contributed by atoms with E-state index in [1.807, 2.05) is 45.4 Å². The lowest BCUT2D eigenvalue weighted by Crippen LogP contribution is -2.59. The molecule has 0 radical (unpaired) electrons. The molecule has 6 heterocycles. The number of carboxylic acid groups (broad SMARTS) is 1. The van der Waals surface area contributed by atoms with Gasteiger partial charge in [-0.1, -0.05) is 108 Å². The molecule has 4 aromatic heterocycles. The van der Waals surface area contributed by atoms with Crippen molar-refractivity contribution >= 4 is 141 Å². The number of nitrogens with zero attached hydrogens (tertiary/aromatic N) is 5. The van der Waals surface area contributed by atoms with E-state index in [0.29, 0.717) is 108 Å². The van der Waals surface area contributed by atoms with Gasteiger partial charge >= 0.3 is 24.1 Å². The van der Waals surface area contributed by atoms with E-state index in [4.69, 9.17) is 70.3 Å². The second-order valence-electron chi connectivity index (χ2n) is 35.0. The minimum atomic E-state index is -4.26. The zero-order valence-electron chi connectivity index (χ0n) is 70.6. The summed E-state index contributed by atoms with van der Waals surface area (Å²) in [5.41, 5.74) is -0.726. The van der Waals surface area contributed by atoms with Crippen molar-refractivity contribution in [3.05, 3.63) is 133 Å². The molecule has 2 unspecified atom stereocenters. The van der Waals surface area contributed by atoms with Gasteiger partial charge < -0.3 is 79.1 Å². The number of aromatic nitrogens is 4. The van der Waals surface area contributed by atoms with E-state index in [1.54, 1.807) is 89.6 Å². The van der Waals surface area contributed by atoms with Crippen LogP contribution in [-0.4, -0.2) is 212 Å². The van der Waals surface area contributed by atoms with Crippen molar-refractivity contribution < 1.29 is 94.0 Å². The molecule has 3 aromatic carbocycles. The second kappa shape index (κ2) is 39.7. The van der Waals surface area contributed by atoms with E-state index in [-0.39, 0.29) is 93.7 Å². The molecular formula is C89H111BrCl2N10O21S3. The van der Waals surface area contributed by atoms with Crippen LogP contribution >= 0.6 is 61.8 Å². The summed E-state index contributed by atoms with van der Waals surface area (Å²) in [6.45, 7) is 23.2. The van der Waals surface area contributed by atoms with E-state index < -0.39 is 122 Å². The van der Waals surface area contributed by atoms with Gasteiger partial charge in [0.1, 0.15) is 110 Å². The number of ether oxygens (including phenoxy) is 8. The fraction of sp³-hybridized carbons (Fsp3) is 0.528. The molecule has 37 heteroatoms. The van der Waals surface area contributed by atoms with E-state index in [9.17, 15) is 56.7 Å². The Morgan fingerprint density at radius 2 is 1.10 bits per heavy atom. The van der Waals surface area contributed by atoms with Crippen molar-refractivity contribution in [2.75, 3.05) is 60.8 Å². The molecule has 2 aliphatic heterocycles. The lowest BCUT2D eigenvalue weighted by molar-refractivity contribution is -0.148. The number of hydrogen-bond acceptors (Lipinski definition) is 25. The molecule has 8 fully saturated rings. The molecule has 6 aliphatic carbocycles. The molecule has 682 valence electrons. The van der Waals surface area contributed by atoms with Crippen molar-refractivity contribution in [1.82, 2.24) is 51.0 Å². The van der Waals surface area contributed by atoms with Crippen molar-refractivity contribution in [3.8, 4) is 38.7 Å². The van der Waals surface area contributed by atoms with Crippen LogP contribution < -0.4 is 40.9 Å². The highest BCUT2D eigenvalue weighted by Crippen LogP contribution is 2.54. The lowest BCUT2D eigenvalue weighted by atomic mass is 9.85. The Morgan fingerprint density at radius 3 is 1.57 bits per heavy atom. The fourth-order valence-corrected chi connectivity index (χ4v) is 20.1. The largest absolute Gasteiger partial charge is 0.490 e. The first-order chi connectivity index (χ1) is 58.8. The van der Waals surface area contributed by atoms with Crippen LogP contribution in [0.4, 0.5) is 9.59 Å². The molecule has 8 aliphatic rings. The Hall–Kier alpha value is -9.33. The number of aliphatic carboxylic acids is 1. The summed E-state index contributed by atoms with van der Waals surface area (Å²) in [4.78, 5) is 140. The number of H-pyrrole nitrogens is 1. The average Bonchev–Trinajstić information content (AvgIpc) is 1.61. The molecule has 0 spiro atoms. The zero-order chi connectivity index (χ0) is 89.4. The highest BCUT2D eigenvalue weighted by atomic mass is 79.9. The number of alkyl carbamates (subject to hydrolysis) is 2. The first-order valence-electron chi connectivity index (χ1n) is 41.0. The number of thiazole rings is 2. The Morgan fingerprint density at radius 1 is 0.627 bits per heavy atom. The van der Waals surface area contributed by atoms with Crippen LogP contribution in [0.5, 0.6) is 17.2 Å². The van der Waals surface area contributed by atoms with Crippen LogP contribution in [0.25, 0.3) is 43.2 Å². The van der Waals surface area contributed by atoms with Gasteiger partial charge in [-0.15, -0.1) is 35.8 Å². The summed E-state index contributed by atoms with van der Waals surface area (Å²) >= 11 is 19.5. The first kappa shape index (κ1) is 97.3. The number of fused-ring (bicyclic) bond motifs is 4. The van der Waals surface area contributed by atoms with Gasteiger partial charge in [0.2, 0.25) is 23.6 Å². The fourth-order valence-electron chi connectivity index (χ4n) is 16.7. The molecule has 6 saturated carbocycles. The van der Waals surface area contributed by atoms with Crippen LogP contribution in [0.2, 0.25) is 10.0 Å². The summed E-state index contributed by atoms with van der Waals surface area (Å²) in [5.74, 6) is -1.41. The summed E-state index contributed by atoms with van der Waals surface area (Å²) in [7, 11) is 0.128. The number of likely N-dealkylation sites (tertiary alicyclic amines) is 2. The van der Waals surface area contributed by atoms with E-state index in [0.717, 1.165) is 48.5 Å². The summed E-state index contributed by atoms with van der Waals surface area (Å²) in [6.07, 6.45) is 5.29. The van der Waals surface area contributed by atoms with Gasteiger partial charge in [0.05, 0.1) is 54.6 Å². The molecule has 2 saturated heterocycles. The minimum Gasteiger partial charge on any atom is -0.490 e. The van der Waals surface area contributed by atoms with Gasteiger partial charge in [-0.25, -0.2) is 34.1 Å². The standard InChI is InChI=1S/C40H48ClN5O9S.C31H40BrN3O9S.C16H15ClN2O3S.2CH4/c1-7-23-17-40(23,37(49)50)45-34(47)28-15-25(18-46(28)36(48)33(39(3,4)5)44-38(51)55-24-13-21-12-22(21)14-24)54-30-16-27(35-42-20(2)19-56-35)43-32-26(30)8-9-29(31(32)41)53-11-10-52-6;1-6-19-15-31(19,28(38)42-5)34-26(36)24-14-22(44-45(40,41)23-9-7-20(32)8-10-23)16-35(24)27(37)25(30(2,3)4)33-29(39)43-21-12-17-11-18(17)13-21;1-9-8-23-16(18-9)11-7-12(20)10-3-4-13(22-6-5-21-2)14(17)15(10)19-11;;/h7-9,16,19,21-25,28,33H,1,10-15,17-18H2,2-6H3,(H,44,51)(H,45,47)(H,49,50);6-10,17-19,21-22,24-25H,1,11-16H2,2-5H3,(H,33,39)(H,34,36);3-4,7-8H,5-6H2,1-2H3,(H,19,20);2*1H4/t21-,22+,23-,24?,25-,28+,33-,40-;17-,18+,19-,21?,22+,24+,25-,31-;;;/m11.../s1. The topological polar surface area (TPSA) is 400 Å². The predicted molar refractivity (Wildman–Crippen MR) is 480 cm³/mol. The maximum atomic E-state index is 14.6. The molecule has 16 atom stereocenters. The zero-order valence-corrected chi connectivity index (χ0v) is 76.1. The third-order valence-electron chi connectivity index (χ3n) is 23.8. The first-order valence-corrected chi connectivity index (χ1v) is 45.7. The van der Waals surface area contributed by atoms with Crippen molar-refractivity contribution in [2.45, 2.75) is 199 Å². The van der Waals surface area contributed by atoms with E-state index in [1.165, 1.54) is 64.2 Å². The number of carbonyl (C=O) groups excluding carboxylic acids is 7. The molecule has 126 heavy (non-hydrogen) atoms. The molecule has 6 N–H and O–H groups in total. The van der Waals surface area contributed by atoms with Crippen LogP contribution in [0.15, 0.2) is 111 Å². The van der Waals surface area contributed by atoms with Gasteiger partial charge in [-0.2, -0.15) is 8.42 Å². The van der Waals surface area contributed by atoms with Gasteiger partial charge in [-0.3, -0.25) is 28.2 Å². The third-order valence-corrected chi connectivity index (χ3v) is 28.4. The van der Waals surface area contributed by atoms with Crippen molar-refractivity contribution in [2.24, 2.45) is 46.3 Å². The number of amides is 6. The second-order valence-corrected chi connectivity index (χ2v) is 39.9. The third kappa shape index (κ3) is 22.0. The number of nitrogens with one attached hydrogen (secondary N) is 5. The number of carbonyl (C=O) groups is 8. The summed E-state index contributed by atoms with van der Waals surface area (Å²) < 4.78 is 77.1.